The van der Waals surface area contributed by atoms with Crippen molar-refractivity contribution in [1.82, 2.24) is 5.32 Å². The molecule has 0 aromatic carbocycles. The molecule has 88 valence electrons. The third kappa shape index (κ3) is 6.90. The molecule has 2 unspecified atom stereocenters. The van der Waals surface area contributed by atoms with Gasteiger partial charge in [0, 0.05) is 13.0 Å². The normalized spacial score (nSPS) is 14.3. The van der Waals surface area contributed by atoms with Gasteiger partial charge in [-0.15, -0.1) is 0 Å². The van der Waals surface area contributed by atoms with Gasteiger partial charge in [-0.05, 0) is 12.3 Å². The zero-order valence-electron chi connectivity index (χ0n) is 9.32. The minimum Gasteiger partial charge on any atom is -0.481 e. The van der Waals surface area contributed by atoms with E-state index >= 15 is 0 Å². The first-order valence-electron chi connectivity index (χ1n) is 5.22. The van der Waals surface area contributed by atoms with Crippen molar-refractivity contribution < 1.29 is 14.7 Å². The summed E-state index contributed by atoms with van der Waals surface area (Å²) in [5.74, 6) is -0.780. The Hall–Kier alpha value is -1.10. The number of carboxylic acids is 1. The Morgan fingerprint density at radius 3 is 2.53 bits per heavy atom. The molecule has 15 heavy (non-hydrogen) atoms. The number of carboxylic acid groups (broad SMARTS) is 1. The molecule has 1 amide bonds. The molecule has 0 rings (SSSR count). The van der Waals surface area contributed by atoms with Crippen LogP contribution in [0.5, 0.6) is 0 Å². The molecule has 0 aliphatic heterocycles. The standard InChI is InChI=1S/C10H20N2O3/c1-3-7(2)6-12-10(15)8(11)4-5-9(13)14/h7-8H,3-6,11H2,1-2H3,(H,12,15)(H,13,14). The van der Waals surface area contributed by atoms with Gasteiger partial charge in [0.1, 0.15) is 0 Å². The zero-order chi connectivity index (χ0) is 11.8. The van der Waals surface area contributed by atoms with E-state index in [1.165, 1.54) is 0 Å². The smallest absolute Gasteiger partial charge is 0.303 e. The third-order valence-electron chi connectivity index (χ3n) is 2.33. The molecule has 0 fully saturated rings. The number of hydrogen-bond acceptors (Lipinski definition) is 3. The van der Waals surface area contributed by atoms with Crippen LogP contribution in [-0.4, -0.2) is 29.6 Å². The molecule has 0 aromatic heterocycles. The van der Waals surface area contributed by atoms with Gasteiger partial charge in [0.15, 0.2) is 0 Å². The highest BCUT2D eigenvalue weighted by atomic mass is 16.4. The Kier molecular flexibility index (Phi) is 6.70. The quantitative estimate of drug-likeness (QED) is 0.572. The first kappa shape index (κ1) is 13.9. The number of aliphatic carboxylic acids is 1. The average Bonchev–Trinajstić information content (AvgIpc) is 2.21. The van der Waals surface area contributed by atoms with Gasteiger partial charge in [-0.3, -0.25) is 9.59 Å². The number of nitrogens with two attached hydrogens (primary N) is 1. The van der Waals surface area contributed by atoms with Crippen molar-refractivity contribution >= 4 is 11.9 Å². The van der Waals surface area contributed by atoms with Crippen molar-refractivity contribution in [1.29, 1.82) is 0 Å². The van der Waals surface area contributed by atoms with E-state index in [2.05, 4.69) is 5.32 Å². The van der Waals surface area contributed by atoms with Gasteiger partial charge in [-0.25, -0.2) is 0 Å². The second kappa shape index (κ2) is 7.23. The largest absolute Gasteiger partial charge is 0.481 e. The number of nitrogens with one attached hydrogen (secondary N) is 1. The maximum absolute atomic E-state index is 11.3. The van der Waals surface area contributed by atoms with Crippen molar-refractivity contribution in [2.45, 2.75) is 39.2 Å². The Balaban J connectivity index is 3.74. The molecule has 0 heterocycles. The summed E-state index contributed by atoms with van der Waals surface area (Å²) in [5, 5.41) is 11.1. The van der Waals surface area contributed by atoms with E-state index in [4.69, 9.17) is 10.8 Å². The summed E-state index contributed by atoms with van der Waals surface area (Å²) in [4.78, 5) is 21.6. The summed E-state index contributed by atoms with van der Waals surface area (Å²) in [6.07, 6.45) is 1.10. The average molecular weight is 216 g/mol. The molecule has 0 saturated heterocycles. The van der Waals surface area contributed by atoms with Crippen molar-refractivity contribution in [3.63, 3.8) is 0 Å². The van der Waals surface area contributed by atoms with Crippen LogP contribution in [0.25, 0.3) is 0 Å². The fourth-order valence-corrected chi connectivity index (χ4v) is 0.960. The van der Waals surface area contributed by atoms with Crippen LogP contribution < -0.4 is 11.1 Å². The molecule has 5 heteroatoms. The fourth-order valence-electron chi connectivity index (χ4n) is 0.960. The van der Waals surface area contributed by atoms with Gasteiger partial charge in [0.25, 0.3) is 0 Å². The molecule has 0 aromatic rings. The maximum atomic E-state index is 11.3. The number of amides is 1. The first-order chi connectivity index (χ1) is 6.97. The van der Waals surface area contributed by atoms with Crippen LogP contribution in [-0.2, 0) is 9.59 Å². The van der Waals surface area contributed by atoms with Crippen molar-refractivity contribution in [3.05, 3.63) is 0 Å². The lowest BCUT2D eigenvalue weighted by Crippen LogP contribution is -2.42. The lowest BCUT2D eigenvalue weighted by Gasteiger charge is -2.13. The van der Waals surface area contributed by atoms with Gasteiger partial charge in [0.2, 0.25) is 5.91 Å². The molecular weight excluding hydrogens is 196 g/mol. The molecule has 0 saturated carbocycles. The second-order valence-electron chi connectivity index (χ2n) is 3.80. The van der Waals surface area contributed by atoms with E-state index in [1.807, 2.05) is 13.8 Å². The van der Waals surface area contributed by atoms with Gasteiger partial charge >= 0.3 is 5.97 Å². The van der Waals surface area contributed by atoms with Crippen LogP contribution >= 0.6 is 0 Å². The minimum atomic E-state index is -0.930. The first-order valence-corrected chi connectivity index (χ1v) is 5.22. The Morgan fingerprint density at radius 1 is 1.47 bits per heavy atom. The van der Waals surface area contributed by atoms with Crippen LogP contribution in [0.15, 0.2) is 0 Å². The van der Waals surface area contributed by atoms with Crippen molar-refractivity contribution in [2.75, 3.05) is 6.54 Å². The lowest BCUT2D eigenvalue weighted by molar-refractivity contribution is -0.137. The molecular formula is C10H20N2O3. The number of carbonyl (C=O) groups excluding carboxylic acids is 1. The van der Waals surface area contributed by atoms with E-state index in [9.17, 15) is 9.59 Å². The summed E-state index contributed by atoms with van der Waals surface area (Å²) in [5.41, 5.74) is 5.52. The highest BCUT2D eigenvalue weighted by molar-refractivity contribution is 5.82. The molecule has 0 aliphatic carbocycles. The summed E-state index contributed by atoms with van der Waals surface area (Å²) < 4.78 is 0. The summed E-state index contributed by atoms with van der Waals surface area (Å²) >= 11 is 0. The molecule has 0 bridgehead atoms. The summed E-state index contributed by atoms with van der Waals surface area (Å²) in [7, 11) is 0. The van der Waals surface area contributed by atoms with Crippen LogP contribution in [0, 0.1) is 5.92 Å². The number of hydrogen-bond donors (Lipinski definition) is 3. The Labute approximate surface area is 90.0 Å². The fraction of sp³-hybridized carbons (Fsp3) is 0.800. The lowest BCUT2D eigenvalue weighted by atomic mass is 10.1. The highest BCUT2D eigenvalue weighted by Gasteiger charge is 2.14. The monoisotopic (exact) mass is 216 g/mol. The van der Waals surface area contributed by atoms with Gasteiger partial charge < -0.3 is 16.2 Å². The predicted molar refractivity (Wildman–Crippen MR) is 57.3 cm³/mol. The molecule has 0 aliphatic rings. The van der Waals surface area contributed by atoms with Crippen LogP contribution in [0.1, 0.15) is 33.1 Å². The number of rotatable bonds is 7. The van der Waals surface area contributed by atoms with E-state index < -0.39 is 12.0 Å². The van der Waals surface area contributed by atoms with Crippen LogP contribution in [0.2, 0.25) is 0 Å². The van der Waals surface area contributed by atoms with Crippen molar-refractivity contribution in [2.24, 2.45) is 11.7 Å². The van der Waals surface area contributed by atoms with E-state index in [0.717, 1.165) is 6.42 Å². The third-order valence-corrected chi connectivity index (χ3v) is 2.33. The van der Waals surface area contributed by atoms with Crippen LogP contribution in [0.3, 0.4) is 0 Å². The Morgan fingerprint density at radius 2 is 2.07 bits per heavy atom. The topological polar surface area (TPSA) is 92.4 Å². The van der Waals surface area contributed by atoms with E-state index in [0.29, 0.717) is 12.5 Å². The molecule has 0 spiro atoms. The predicted octanol–water partition coefficient (Wildman–Crippen LogP) is 0.341. The zero-order valence-corrected chi connectivity index (χ0v) is 9.32. The van der Waals surface area contributed by atoms with Crippen molar-refractivity contribution in [3.8, 4) is 0 Å². The van der Waals surface area contributed by atoms with Crippen LogP contribution in [0.4, 0.5) is 0 Å². The SMILES string of the molecule is CCC(C)CNC(=O)C(N)CCC(=O)O. The summed E-state index contributed by atoms with van der Waals surface area (Å²) in [6, 6.07) is -0.717. The highest BCUT2D eigenvalue weighted by Crippen LogP contribution is 1.99. The Bertz CT molecular complexity index is 219. The van der Waals surface area contributed by atoms with E-state index in [1.54, 1.807) is 0 Å². The van der Waals surface area contributed by atoms with E-state index in [-0.39, 0.29) is 18.7 Å². The minimum absolute atomic E-state index is 0.0715. The molecule has 4 N–H and O–H groups in total. The summed E-state index contributed by atoms with van der Waals surface area (Å²) in [6.45, 7) is 4.67. The van der Waals surface area contributed by atoms with Gasteiger partial charge in [0.05, 0.1) is 6.04 Å². The molecule has 0 radical (unpaired) electrons. The second-order valence-corrected chi connectivity index (χ2v) is 3.80. The maximum Gasteiger partial charge on any atom is 0.303 e. The van der Waals surface area contributed by atoms with Gasteiger partial charge in [-0.1, -0.05) is 20.3 Å². The van der Waals surface area contributed by atoms with Gasteiger partial charge in [-0.2, -0.15) is 0 Å². The molecule has 5 nitrogen and oxygen atoms in total. The number of carbonyl (C=O) groups is 2. The molecule has 2 atom stereocenters.